The summed E-state index contributed by atoms with van der Waals surface area (Å²) in [5.74, 6) is -0.100. The standard InChI is InChI=1S/C12H18O3/c1-5-15-11(14)10-9(12(10,3)4)6-8(2)7-13/h6-7,9-10H,5H2,1-4H3/b8-6+/t9-,10+/m0/s1. The van der Waals surface area contributed by atoms with E-state index in [1.54, 1.807) is 13.8 Å². The van der Waals surface area contributed by atoms with Gasteiger partial charge in [0.15, 0.2) is 0 Å². The Bertz CT molecular complexity index is 302. The van der Waals surface area contributed by atoms with Gasteiger partial charge in [-0.25, -0.2) is 0 Å². The molecule has 0 aromatic heterocycles. The molecule has 0 N–H and O–H groups in total. The highest BCUT2D eigenvalue weighted by Gasteiger charge is 2.61. The molecule has 2 atom stereocenters. The molecule has 1 aliphatic rings. The van der Waals surface area contributed by atoms with Crippen molar-refractivity contribution >= 4 is 12.3 Å². The fourth-order valence-corrected chi connectivity index (χ4v) is 1.99. The van der Waals surface area contributed by atoms with Gasteiger partial charge in [0.05, 0.1) is 12.5 Å². The fraction of sp³-hybridized carbons (Fsp3) is 0.667. The topological polar surface area (TPSA) is 43.4 Å². The number of hydrogen-bond donors (Lipinski definition) is 0. The first-order valence-electron chi connectivity index (χ1n) is 5.25. The van der Waals surface area contributed by atoms with E-state index in [2.05, 4.69) is 0 Å². The van der Waals surface area contributed by atoms with Crippen LogP contribution in [0.5, 0.6) is 0 Å². The van der Waals surface area contributed by atoms with Crippen molar-refractivity contribution in [1.82, 2.24) is 0 Å². The van der Waals surface area contributed by atoms with Crippen molar-refractivity contribution in [3.8, 4) is 0 Å². The lowest BCUT2D eigenvalue weighted by Crippen LogP contribution is -2.10. The van der Waals surface area contributed by atoms with Crippen LogP contribution in [0.3, 0.4) is 0 Å². The van der Waals surface area contributed by atoms with E-state index in [1.807, 2.05) is 19.9 Å². The van der Waals surface area contributed by atoms with Gasteiger partial charge in [-0.1, -0.05) is 19.9 Å². The predicted molar refractivity (Wildman–Crippen MR) is 57.2 cm³/mol. The number of ether oxygens (including phenoxy) is 1. The van der Waals surface area contributed by atoms with E-state index in [0.29, 0.717) is 12.2 Å². The molecule has 0 spiro atoms. The van der Waals surface area contributed by atoms with Crippen LogP contribution in [0.4, 0.5) is 0 Å². The van der Waals surface area contributed by atoms with Gasteiger partial charge in [0, 0.05) is 0 Å². The first-order chi connectivity index (χ1) is 6.95. The van der Waals surface area contributed by atoms with E-state index in [4.69, 9.17) is 4.74 Å². The molecule has 3 nitrogen and oxygen atoms in total. The molecule has 0 amide bonds. The molecule has 84 valence electrons. The number of aldehydes is 1. The zero-order valence-corrected chi connectivity index (χ0v) is 9.74. The number of carbonyl (C=O) groups is 2. The second-order valence-corrected chi connectivity index (χ2v) is 4.61. The zero-order valence-electron chi connectivity index (χ0n) is 9.74. The van der Waals surface area contributed by atoms with Crippen molar-refractivity contribution in [2.75, 3.05) is 6.61 Å². The maximum atomic E-state index is 11.6. The van der Waals surface area contributed by atoms with Gasteiger partial charge in [0.1, 0.15) is 6.29 Å². The van der Waals surface area contributed by atoms with E-state index in [9.17, 15) is 9.59 Å². The molecule has 0 radical (unpaired) electrons. The SMILES string of the molecule is CCOC(=O)[C@H]1[C@H](/C=C(\C)C=O)C1(C)C. The Hall–Kier alpha value is -1.12. The van der Waals surface area contributed by atoms with Crippen LogP contribution in [0.15, 0.2) is 11.6 Å². The van der Waals surface area contributed by atoms with Crippen LogP contribution in [0, 0.1) is 17.3 Å². The minimum Gasteiger partial charge on any atom is -0.466 e. The van der Waals surface area contributed by atoms with Gasteiger partial charge >= 0.3 is 5.97 Å². The van der Waals surface area contributed by atoms with Gasteiger partial charge in [0.2, 0.25) is 0 Å². The predicted octanol–water partition coefficient (Wildman–Crippen LogP) is 1.97. The van der Waals surface area contributed by atoms with Crippen LogP contribution in [0.1, 0.15) is 27.7 Å². The van der Waals surface area contributed by atoms with Crippen molar-refractivity contribution in [1.29, 1.82) is 0 Å². The first-order valence-corrected chi connectivity index (χ1v) is 5.25. The number of rotatable bonds is 4. The minimum atomic E-state index is -0.151. The number of hydrogen-bond acceptors (Lipinski definition) is 3. The number of esters is 1. The molecule has 1 fully saturated rings. The first kappa shape index (κ1) is 12.0. The Morgan fingerprint density at radius 2 is 2.07 bits per heavy atom. The third kappa shape index (κ3) is 2.28. The summed E-state index contributed by atoms with van der Waals surface area (Å²) in [6.45, 7) is 8.01. The van der Waals surface area contributed by atoms with Gasteiger partial charge in [0.25, 0.3) is 0 Å². The van der Waals surface area contributed by atoms with Crippen molar-refractivity contribution in [3.05, 3.63) is 11.6 Å². The van der Waals surface area contributed by atoms with Gasteiger partial charge < -0.3 is 4.74 Å². The van der Waals surface area contributed by atoms with E-state index >= 15 is 0 Å². The number of allylic oxidation sites excluding steroid dienone is 2. The van der Waals surface area contributed by atoms with E-state index < -0.39 is 0 Å². The monoisotopic (exact) mass is 210 g/mol. The molecular formula is C12H18O3. The molecule has 0 saturated heterocycles. The second kappa shape index (κ2) is 4.17. The Kier molecular flexibility index (Phi) is 3.32. The molecule has 1 rings (SSSR count). The van der Waals surface area contributed by atoms with Crippen LogP contribution >= 0.6 is 0 Å². The van der Waals surface area contributed by atoms with Crippen molar-refractivity contribution < 1.29 is 14.3 Å². The summed E-state index contributed by atoms with van der Waals surface area (Å²) < 4.78 is 4.99. The van der Waals surface area contributed by atoms with Gasteiger partial charge in [-0.05, 0) is 30.8 Å². The van der Waals surface area contributed by atoms with Crippen LogP contribution in [-0.2, 0) is 14.3 Å². The third-order valence-electron chi connectivity index (χ3n) is 3.08. The third-order valence-corrected chi connectivity index (χ3v) is 3.08. The average Bonchev–Trinajstić information content (AvgIpc) is 2.68. The quantitative estimate of drug-likeness (QED) is 0.405. The lowest BCUT2D eigenvalue weighted by molar-refractivity contribution is -0.145. The summed E-state index contributed by atoms with van der Waals surface area (Å²) in [5, 5.41) is 0. The van der Waals surface area contributed by atoms with Crippen molar-refractivity contribution in [3.63, 3.8) is 0 Å². The van der Waals surface area contributed by atoms with Crippen LogP contribution in [-0.4, -0.2) is 18.9 Å². The van der Waals surface area contributed by atoms with E-state index in [0.717, 1.165) is 6.29 Å². The summed E-state index contributed by atoms with van der Waals surface area (Å²) in [7, 11) is 0. The lowest BCUT2D eigenvalue weighted by Gasteiger charge is -2.01. The molecular weight excluding hydrogens is 192 g/mol. The average molecular weight is 210 g/mol. The van der Waals surface area contributed by atoms with Crippen LogP contribution in [0.2, 0.25) is 0 Å². The van der Waals surface area contributed by atoms with Crippen LogP contribution in [0.25, 0.3) is 0 Å². The Morgan fingerprint density at radius 3 is 2.53 bits per heavy atom. The molecule has 0 bridgehead atoms. The Labute approximate surface area is 90.5 Å². The molecule has 3 heteroatoms. The van der Waals surface area contributed by atoms with Crippen molar-refractivity contribution in [2.45, 2.75) is 27.7 Å². The highest BCUT2D eigenvalue weighted by atomic mass is 16.5. The smallest absolute Gasteiger partial charge is 0.310 e. The fourth-order valence-electron chi connectivity index (χ4n) is 1.99. The maximum Gasteiger partial charge on any atom is 0.310 e. The van der Waals surface area contributed by atoms with E-state index in [1.165, 1.54) is 0 Å². The van der Waals surface area contributed by atoms with Gasteiger partial charge in [-0.2, -0.15) is 0 Å². The van der Waals surface area contributed by atoms with Crippen molar-refractivity contribution in [2.24, 2.45) is 17.3 Å². The summed E-state index contributed by atoms with van der Waals surface area (Å²) >= 11 is 0. The highest BCUT2D eigenvalue weighted by Crippen LogP contribution is 2.59. The summed E-state index contributed by atoms with van der Waals surface area (Å²) in [6, 6.07) is 0. The Balaban J connectivity index is 2.71. The minimum absolute atomic E-state index is 0.0729. The zero-order chi connectivity index (χ0) is 11.6. The molecule has 0 aliphatic heterocycles. The highest BCUT2D eigenvalue weighted by molar-refractivity contribution is 5.79. The van der Waals surface area contributed by atoms with E-state index in [-0.39, 0.29) is 23.2 Å². The largest absolute Gasteiger partial charge is 0.466 e. The summed E-state index contributed by atoms with van der Waals surface area (Å²) in [5.41, 5.74) is 0.608. The normalized spacial score (nSPS) is 28.4. The second-order valence-electron chi connectivity index (χ2n) is 4.61. The van der Waals surface area contributed by atoms with Gasteiger partial charge in [-0.3, -0.25) is 9.59 Å². The molecule has 0 unspecified atom stereocenters. The molecule has 0 aromatic carbocycles. The molecule has 1 saturated carbocycles. The van der Waals surface area contributed by atoms with Crippen LogP contribution < -0.4 is 0 Å². The molecule has 0 heterocycles. The number of carbonyl (C=O) groups excluding carboxylic acids is 2. The molecule has 0 aromatic rings. The Morgan fingerprint density at radius 1 is 1.47 bits per heavy atom. The van der Waals surface area contributed by atoms with Gasteiger partial charge in [-0.15, -0.1) is 0 Å². The molecule has 1 aliphatic carbocycles. The molecule has 15 heavy (non-hydrogen) atoms. The maximum absolute atomic E-state index is 11.6. The lowest BCUT2D eigenvalue weighted by atomic mass is 10.1. The summed E-state index contributed by atoms with van der Waals surface area (Å²) in [4.78, 5) is 22.1. The summed E-state index contributed by atoms with van der Waals surface area (Å²) in [6.07, 6.45) is 2.69.